The second-order valence-electron chi connectivity index (χ2n) is 6.51. The number of methoxy groups -OCH3 is 1. The average Bonchev–Trinajstić information content (AvgIpc) is 2.66. The van der Waals surface area contributed by atoms with Crippen molar-refractivity contribution in [1.29, 1.82) is 0 Å². The molecule has 7 heteroatoms. The van der Waals surface area contributed by atoms with Crippen molar-refractivity contribution in [2.75, 3.05) is 32.2 Å². The summed E-state index contributed by atoms with van der Waals surface area (Å²) in [4.78, 5) is 12.6. The van der Waals surface area contributed by atoms with Crippen molar-refractivity contribution in [1.82, 2.24) is 0 Å². The maximum Gasteiger partial charge on any atom is 0.255 e. The van der Waals surface area contributed by atoms with Gasteiger partial charge in [0.05, 0.1) is 18.7 Å². The molecular weight excluding hydrogens is 370 g/mol. The number of carbonyl (C=O) groups excluding carboxylic acids is 1. The van der Waals surface area contributed by atoms with Gasteiger partial charge < -0.3 is 24.3 Å². The molecule has 0 atom stereocenters. The Labute approximate surface area is 163 Å². The van der Waals surface area contributed by atoms with Gasteiger partial charge in [0, 0.05) is 17.3 Å². The van der Waals surface area contributed by atoms with E-state index in [1.165, 1.54) is 7.11 Å². The molecule has 1 aliphatic rings. The summed E-state index contributed by atoms with van der Waals surface area (Å²) in [6, 6.07) is 8.41. The standard InChI is InChI=1S/C20H22ClNO5/c1-12(2)11-27-19-15(21)8-13(9-18(19)24-3)20(23)22-14-4-5-16-17(10-14)26-7-6-25-16/h4-5,8-10,12H,6-7,11H2,1-3H3,(H,22,23). The summed E-state index contributed by atoms with van der Waals surface area (Å²) in [7, 11) is 1.51. The van der Waals surface area contributed by atoms with Gasteiger partial charge in [0.15, 0.2) is 23.0 Å². The lowest BCUT2D eigenvalue weighted by atomic mass is 10.1. The van der Waals surface area contributed by atoms with E-state index < -0.39 is 0 Å². The van der Waals surface area contributed by atoms with Gasteiger partial charge in [-0.15, -0.1) is 0 Å². The molecule has 3 rings (SSSR count). The van der Waals surface area contributed by atoms with Crippen LogP contribution in [-0.4, -0.2) is 32.8 Å². The highest BCUT2D eigenvalue weighted by molar-refractivity contribution is 6.32. The quantitative estimate of drug-likeness (QED) is 0.790. The second kappa shape index (κ2) is 8.39. The molecule has 1 heterocycles. The molecule has 0 bridgehead atoms. The third-order valence-corrected chi connectivity index (χ3v) is 4.13. The summed E-state index contributed by atoms with van der Waals surface area (Å²) in [6.45, 7) is 5.57. The van der Waals surface area contributed by atoms with Gasteiger partial charge in [0.25, 0.3) is 5.91 Å². The van der Waals surface area contributed by atoms with E-state index in [0.29, 0.717) is 65.0 Å². The van der Waals surface area contributed by atoms with Crippen LogP contribution in [0.25, 0.3) is 0 Å². The minimum absolute atomic E-state index is 0.317. The Kier molecular flexibility index (Phi) is 5.96. The zero-order valence-corrected chi connectivity index (χ0v) is 16.3. The van der Waals surface area contributed by atoms with Crippen molar-refractivity contribution >= 4 is 23.2 Å². The summed E-state index contributed by atoms with van der Waals surface area (Å²) >= 11 is 6.32. The number of rotatable bonds is 6. The van der Waals surface area contributed by atoms with E-state index in [1.807, 2.05) is 13.8 Å². The first kappa shape index (κ1) is 19.2. The number of amides is 1. The highest BCUT2D eigenvalue weighted by Gasteiger charge is 2.18. The van der Waals surface area contributed by atoms with Crippen LogP contribution in [0.5, 0.6) is 23.0 Å². The highest BCUT2D eigenvalue weighted by atomic mass is 35.5. The average molecular weight is 392 g/mol. The molecule has 0 saturated heterocycles. The van der Waals surface area contributed by atoms with Gasteiger partial charge in [0.1, 0.15) is 13.2 Å². The SMILES string of the molecule is COc1cc(C(=O)Nc2ccc3c(c2)OCCO3)cc(Cl)c1OCC(C)C. The maximum atomic E-state index is 12.6. The number of hydrogen-bond donors (Lipinski definition) is 1. The van der Waals surface area contributed by atoms with Crippen LogP contribution in [0.4, 0.5) is 5.69 Å². The van der Waals surface area contributed by atoms with Gasteiger partial charge in [-0.1, -0.05) is 25.4 Å². The van der Waals surface area contributed by atoms with E-state index >= 15 is 0 Å². The van der Waals surface area contributed by atoms with Crippen LogP contribution in [0.1, 0.15) is 24.2 Å². The maximum absolute atomic E-state index is 12.6. The minimum atomic E-state index is -0.317. The van der Waals surface area contributed by atoms with Crippen LogP contribution in [0.3, 0.4) is 0 Å². The molecule has 0 spiro atoms. The summed E-state index contributed by atoms with van der Waals surface area (Å²) in [5, 5.41) is 3.15. The van der Waals surface area contributed by atoms with Crippen molar-refractivity contribution in [2.24, 2.45) is 5.92 Å². The minimum Gasteiger partial charge on any atom is -0.493 e. The molecule has 6 nitrogen and oxygen atoms in total. The molecule has 0 aromatic heterocycles. The van der Waals surface area contributed by atoms with Gasteiger partial charge in [-0.2, -0.15) is 0 Å². The first-order chi connectivity index (χ1) is 13.0. The topological polar surface area (TPSA) is 66.0 Å². The summed E-state index contributed by atoms with van der Waals surface area (Å²) in [5.74, 6) is 2.13. The lowest BCUT2D eigenvalue weighted by Crippen LogP contribution is -2.16. The molecule has 1 aliphatic heterocycles. The molecule has 27 heavy (non-hydrogen) atoms. The number of fused-ring (bicyclic) bond motifs is 1. The van der Waals surface area contributed by atoms with E-state index in [1.54, 1.807) is 30.3 Å². The molecule has 1 N–H and O–H groups in total. The van der Waals surface area contributed by atoms with Crippen molar-refractivity contribution in [3.05, 3.63) is 40.9 Å². The smallest absolute Gasteiger partial charge is 0.255 e. The predicted molar refractivity (Wildman–Crippen MR) is 104 cm³/mol. The first-order valence-corrected chi connectivity index (χ1v) is 9.07. The Bertz CT molecular complexity index is 837. The van der Waals surface area contributed by atoms with E-state index in [2.05, 4.69) is 5.32 Å². The monoisotopic (exact) mass is 391 g/mol. The molecule has 2 aromatic rings. The molecule has 0 fully saturated rings. The Morgan fingerprint density at radius 1 is 1.19 bits per heavy atom. The third kappa shape index (κ3) is 4.57. The molecule has 0 saturated carbocycles. The van der Waals surface area contributed by atoms with Gasteiger partial charge >= 0.3 is 0 Å². The number of hydrogen-bond acceptors (Lipinski definition) is 5. The Balaban J connectivity index is 1.79. The van der Waals surface area contributed by atoms with Crippen LogP contribution < -0.4 is 24.3 Å². The lowest BCUT2D eigenvalue weighted by molar-refractivity contribution is 0.102. The van der Waals surface area contributed by atoms with Crippen molar-refractivity contribution in [2.45, 2.75) is 13.8 Å². The number of ether oxygens (including phenoxy) is 4. The molecule has 0 radical (unpaired) electrons. The molecule has 144 valence electrons. The van der Waals surface area contributed by atoms with E-state index in [9.17, 15) is 4.79 Å². The second-order valence-corrected chi connectivity index (χ2v) is 6.91. The Morgan fingerprint density at radius 3 is 2.63 bits per heavy atom. The third-order valence-electron chi connectivity index (χ3n) is 3.85. The number of carbonyl (C=O) groups is 1. The normalized spacial score (nSPS) is 12.6. The summed E-state index contributed by atoms with van der Waals surface area (Å²) in [5.41, 5.74) is 0.961. The fourth-order valence-corrected chi connectivity index (χ4v) is 2.83. The predicted octanol–water partition coefficient (Wildman–Crippen LogP) is 4.41. The lowest BCUT2D eigenvalue weighted by Gasteiger charge is -2.19. The van der Waals surface area contributed by atoms with Gasteiger partial charge in [-0.3, -0.25) is 4.79 Å². The van der Waals surface area contributed by atoms with Crippen LogP contribution in [0.15, 0.2) is 30.3 Å². The Morgan fingerprint density at radius 2 is 1.93 bits per heavy atom. The number of halogens is 1. The molecule has 2 aromatic carbocycles. The summed E-state index contributed by atoms with van der Waals surface area (Å²) in [6.07, 6.45) is 0. The van der Waals surface area contributed by atoms with Crippen LogP contribution >= 0.6 is 11.6 Å². The fourth-order valence-electron chi connectivity index (χ4n) is 2.57. The van der Waals surface area contributed by atoms with Crippen molar-refractivity contribution in [3.8, 4) is 23.0 Å². The molecule has 0 aliphatic carbocycles. The number of anilines is 1. The zero-order valence-electron chi connectivity index (χ0n) is 15.5. The summed E-state index contributed by atoms with van der Waals surface area (Å²) < 4.78 is 22.1. The molecule has 1 amide bonds. The van der Waals surface area contributed by atoms with Crippen LogP contribution in [0, 0.1) is 5.92 Å². The van der Waals surface area contributed by atoms with Crippen molar-refractivity contribution in [3.63, 3.8) is 0 Å². The largest absolute Gasteiger partial charge is 0.493 e. The zero-order chi connectivity index (χ0) is 19.4. The van der Waals surface area contributed by atoms with Crippen LogP contribution in [0.2, 0.25) is 5.02 Å². The van der Waals surface area contributed by atoms with E-state index in [0.717, 1.165) is 0 Å². The van der Waals surface area contributed by atoms with Crippen molar-refractivity contribution < 1.29 is 23.7 Å². The van der Waals surface area contributed by atoms with Gasteiger partial charge in [-0.05, 0) is 30.2 Å². The van der Waals surface area contributed by atoms with Crippen LogP contribution in [-0.2, 0) is 0 Å². The first-order valence-electron chi connectivity index (χ1n) is 8.69. The Hall–Kier alpha value is -2.60. The van der Waals surface area contributed by atoms with E-state index in [4.69, 9.17) is 30.5 Å². The van der Waals surface area contributed by atoms with Gasteiger partial charge in [0.2, 0.25) is 0 Å². The molecular formula is C20H22ClNO5. The number of nitrogens with one attached hydrogen (secondary N) is 1. The van der Waals surface area contributed by atoms with E-state index in [-0.39, 0.29) is 5.91 Å². The highest BCUT2D eigenvalue weighted by Crippen LogP contribution is 2.37. The van der Waals surface area contributed by atoms with Gasteiger partial charge in [-0.25, -0.2) is 0 Å². The molecule has 0 unspecified atom stereocenters. The fraction of sp³-hybridized carbons (Fsp3) is 0.350. The number of benzene rings is 2.